The van der Waals surface area contributed by atoms with Gasteiger partial charge < -0.3 is 40.4 Å². The molecule has 0 amide bonds. The Kier molecular flexibility index (Phi) is 6.76. The number of rotatable bonds is 5. The van der Waals surface area contributed by atoms with E-state index in [2.05, 4.69) is 0 Å². The van der Waals surface area contributed by atoms with Crippen molar-refractivity contribution in [2.45, 2.75) is 63.3 Å². The van der Waals surface area contributed by atoms with Gasteiger partial charge in [0.05, 0.1) is 36.0 Å². The summed E-state index contributed by atoms with van der Waals surface area (Å²) in [4.78, 5) is 39.8. The topological polar surface area (TPSA) is 186 Å². The van der Waals surface area contributed by atoms with E-state index in [1.807, 2.05) is 13.8 Å². The van der Waals surface area contributed by atoms with Gasteiger partial charge in [-0.25, -0.2) is 0 Å². The summed E-state index contributed by atoms with van der Waals surface area (Å²) in [5, 5.41) is 43.7. The molecule has 3 aliphatic rings. The van der Waals surface area contributed by atoms with Crippen molar-refractivity contribution >= 4 is 17.3 Å². The van der Waals surface area contributed by atoms with E-state index < -0.39 is 77.4 Å². The van der Waals surface area contributed by atoms with Crippen LogP contribution in [0.3, 0.4) is 0 Å². The largest absolute Gasteiger partial charge is 0.507 e. The number of aromatic hydroxyl groups is 2. The van der Waals surface area contributed by atoms with Crippen molar-refractivity contribution in [2.75, 3.05) is 13.7 Å². The lowest BCUT2D eigenvalue weighted by Gasteiger charge is -2.42. The number of ether oxygens (including phenoxy) is 3. The van der Waals surface area contributed by atoms with Gasteiger partial charge in [-0.2, -0.15) is 0 Å². The summed E-state index contributed by atoms with van der Waals surface area (Å²) in [6.45, 7) is 2.78. The first-order chi connectivity index (χ1) is 18.4. The van der Waals surface area contributed by atoms with Crippen LogP contribution in [-0.2, 0) is 20.7 Å². The number of carbonyl (C=O) groups is 3. The Bertz CT molecular complexity index is 1380. The molecule has 6 unspecified atom stereocenters. The number of ketones is 3. The summed E-state index contributed by atoms with van der Waals surface area (Å²) in [7, 11) is 1.34. The van der Waals surface area contributed by atoms with Crippen LogP contribution >= 0.6 is 0 Å². The van der Waals surface area contributed by atoms with Crippen molar-refractivity contribution in [3.8, 4) is 17.2 Å². The van der Waals surface area contributed by atoms with Crippen LogP contribution in [0.2, 0.25) is 0 Å². The third-order valence-corrected chi connectivity index (χ3v) is 8.30. The summed E-state index contributed by atoms with van der Waals surface area (Å²) in [6.07, 6.45) is -3.11. The first-order valence-electron chi connectivity index (χ1n) is 12.7. The van der Waals surface area contributed by atoms with Gasteiger partial charge >= 0.3 is 0 Å². The minimum absolute atomic E-state index is 0.0274. The average molecular weight is 542 g/mol. The monoisotopic (exact) mass is 541 g/mol. The second kappa shape index (κ2) is 9.68. The number of hydrogen-bond acceptors (Lipinski definition) is 11. The van der Waals surface area contributed by atoms with Crippen molar-refractivity contribution in [1.82, 2.24) is 0 Å². The van der Waals surface area contributed by atoms with Gasteiger partial charge in [0.1, 0.15) is 29.5 Å². The Balaban J connectivity index is 1.69. The fourth-order valence-corrected chi connectivity index (χ4v) is 5.87. The third-order valence-electron chi connectivity index (χ3n) is 8.30. The smallest absolute Gasteiger partial charge is 0.202 e. The molecule has 2 aliphatic carbocycles. The van der Waals surface area contributed by atoms with Gasteiger partial charge in [-0.15, -0.1) is 0 Å². The second-order valence-electron chi connectivity index (χ2n) is 10.5. The lowest BCUT2D eigenvalue weighted by atomic mass is 9.72. The third kappa shape index (κ3) is 4.12. The van der Waals surface area contributed by atoms with E-state index in [0.717, 1.165) is 0 Å². The van der Waals surface area contributed by atoms with E-state index >= 15 is 0 Å². The normalized spacial score (nSPS) is 29.8. The van der Waals surface area contributed by atoms with Crippen molar-refractivity contribution in [2.24, 2.45) is 11.7 Å². The number of Topliss-reactive ketones (excluding diaryl/α,β-unsaturated/α-hetero) is 1. The predicted octanol–water partition coefficient (Wildman–Crippen LogP) is 1.28. The van der Waals surface area contributed by atoms with E-state index in [4.69, 9.17) is 19.9 Å². The highest BCUT2D eigenvalue weighted by Gasteiger charge is 2.50. The molecule has 6 atom stereocenters. The molecular weight excluding hydrogens is 510 g/mol. The average Bonchev–Trinajstić information content (AvgIpc) is 2.90. The highest BCUT2D eigenvalue weighted by molar-refractivity contribution is 6.31. The molecule has 1 saturated heterocycles. The zero-order chi connectivity index (χ0) is 28.4. The van der Waals surface area contributed by atoms with Crippen LogP contribution in [0.25, 0.3) is 0 Å². The lowest BCUT2D eigenvalue weighted by Crippen LogP contribution is -2.50. The molecule has 2 aromatic rings. The highest BCUT2D eigenvalue weighted by atomic mass is 16.7. The number of phenols is 2. The predicted molar refractivity (Wildman–Crippen MR) is 135 cm³/mol. The fraction of sp³-hybridized carbons (Fsp3) is 0.464. The molecular formula is C28H31NO10. The molecule has 0 spiro atoms. The van der Waals surface area contributed by atoms with Gasteiger partial charge in [0, 0.05) is 42.0 Å². The van der Waals surface area contributed by atoms with Crippen LogP contribution in [0, 0.1) is 5.92 Å². The van der Waals surface area contributed by atoms with E-state index in [-0.39, 0.29) is 52.5 Å². The standard InChI is InChI=1S/C28H31NO10/c1-11-12(2)38-19(7-15(11)29)39-17-9-28(36,18(31)10-30)8-14-21(17)27(35)23-22(25(14)33)24(32)13-5-4-6-16(37-3)20(13)26(23)34/h4-6,11-12,15,17,19,30,33,35-36H,7-10,29H2,1-3H3. The number of fused-ring (bicyclic) bond motifs is 3. The Hall–Kier alpha value is -3.35. The molecule has 11 heteroatoms. The molecule has 0 bridgehead atoms. The summed E-state index contributed by atoms with van der Waals surface area (Å²) in [5.41, 5.74) is 2.91. The van der Waals surface area contributed by atoms with Gasteiger partial charge in [-0.05, 0) is 18.9 Å². The number of carbonyl (C=O) groups excluding carboxylic acids is 3. The van der Waals surface area contributed by atoms with Crippen molar-refractivity contribution in [1.29, 1.82) is 0 Å². The maximum Gasteiger partial charge on any atom is 0.202 e. The van der Waals surface area contributed by atoms with Crippen molar-refractivity contribution in [3.63, 3.8) is 0 Å². The molecule has 1 fully saturated rings. The van der Waals surface area contributed by atoms with Crippen LogP contribution in [0.4, 0.5) is 0 Å². The molecule has 0 saturated carbocycles. The zero-order valence-corrected chi connectivity index (χ0v) is 21.8. The Labute approximate surface area is 224 Å². The van der Waals surface area contributed by atoms with E-state index in [1.54, 1.807) is 0 Å². The number of methoxy groups -OCH3 is 1. The second-order valence-corrected chi connectivity index (χ2v) is 10.5. The zero-order valence-electron chi connectivity index (χ0n) is 21.8. The molecule has 5 rings (SSSR count). The fourth-order valence-electron chi connectivity index (χ4n) is 5.87. The van der Waals surface area contributed by atoms with Crippen LogP contribution in [-0.4, -0.2) is 75.5 Å². The molecule has 0 aromatic heterocycles. The van der Waals surface area contributed by atoms with Gasteiger partial charge in [0.2, 0.25) is 5.78 Å². The number of aliphatic hydroxyl groups excluding tert-OH is 1. The molecule has 1 aliphatic heterocycles. The Morgan fingerprint density at radius 1 is 1.13 bits per heavy atom. The number of benzene rings is 2. The van der Waals surface area contributed by atoms with E-state index in [1.165, 1.54) is 25.3 Å². The van der Waals surface area contributed by atoms with Crippen LogP contribution < -0.4 is 10.5 Å². The van der Waals surface area contributed by atoms with Gasteiger partial charge in [0.15, 0.2) is 17.9 Å². The van der Waals surface area contributed by atoms with Gasteiger partial charge in [-0.1, -0.05) is 19.1 Å². The van der Waals surface area contributed by atoms with Crippen molar-refractivity contribution < 1.29 is 49.0 Å². The highest BCUT2D eigenvalue weighted by Crippen LogP contribution is 2.52. The number of hydrogen-bond donors (Lipinski definition) is 5. The van der Waals surface area contributed by atoms with Crippen molar-refractivity contribution in [3.05, 3.63) is 51.6 Å². The SMILES string of the molecule is COc1cccc2c1C(=O)c1c(O)c3c(c(O)c1C2=O)CC(O)(C(=O)CO)CC3OC1CC(N)C(C)C(C)O1. The van der Waals surface area contributed by atoms with Crippen LogP contribution in [0.5, 0.6) is 17.2 Å². The minimum atomic E-state index is -2.19. The summed E-state index contributed by atoms with van der Waals surface area (Å²) < 4.78 is 17.4. The number of aliphatic hydroxyl groups is 2. The number of nitrogens with two attached hydrogens (primary N) is 1. The molecule has 0 radical (unpaired) electrons. The van der Waals surface area contributed by atoms with E-state index in [0.29, 0.717) is 0 Å². The maximum atomic E-state index is 13.7. The quantitative estimate of drug-likeness (QED) is 0.293. The molecule has 208 valence electrons. The molecule has 6 N–H and O–H groups in total. The first-order valence-corrected chi connectivity index (χ1v) is 12.7. The Morgan fingerprint density at radius 2 is 1.82 bits per heavy atom. The molecule has 1 heterocycles. The molecule has 11 nitrogen and oxygen atoms in total. The van der Waals surface area contributed by atoms with E-state index in [9.17, 15) is 34.8 Å². The molecule has 2 aromatic carbocycles. The summed E-state index contributed by atoms with van der Waals surface area (Å²) in [6, 6.07) is 4.14. The Morgan fingerprint density at radius 3 is 2.46 bits per heavy atom. The summed E-state index contributed by atoms with van der Waals surface area (Å²) >= 11 is 0. The number of phenolic OH excluding ortho intramolecular Hbond substituents is 2. The first kappa shape index (κ1) is 27.2. The maximum absolute atomic E-state index is 13.7. The van der Waals surface area contributed by atoms with Gasteiger partial charge in [-0.3, -0.25) is 14.4 Å². The lowest BCUT2D eigenvalue weighted by molar-refractivity contribution is -0.236. The van der Waals surface area contributed by atoms with Crippen LogP contribution in [0.1, 0.15) is 75.8 Å². The summed E-state index contributed by atoms with van der Waals surface area (Å²) in [5.74, 6) is -3.53. The van der Waals surface area contributed by atoms with Gasteiger partial charge in [0.25, 0.3) is 0 Å². The minimum Gasteiger partial charge on any atom is -0.507 e. The van der Waals surface area contributed by atoms with Crippen LogP contribution in [0.15, 0.2) is 18.2 Å². The molecule has 39 heavy (non-hydrogen) atoms.